The summed E-state index contributed by atoms with van der Waals surface area (Å²) in [4.78, 5) is 29.9. The Morgan fingerprint density at radius 3 is 2.16 bits per heavy atom. The molecule has 0 atom stereocenters. The van der Waals surface area contributed by atoms with E-state index in [9.17, 15) is 9.59 Å². The van der Waals surface area contributed by atoms with Gasteiger partial charge >= 0.3 is 0 Å². The van der Waals surface area contributed by atoms with Gasteiger partial charge in [0.1, 0.15) is 5.70 Å². The molecule has 0 unspecified atom stereocenters. The standard InChI is InChI=1S/C25H31N3O3/c1-5-27(6-2)21-14-12-20(13-15-21)26-23-22(19-10-8-18(3)9-11-19)24(29)28(25(23)30)16-7-17-31-4/h8-15,26H,5-7,16-17H2,1-4H3. The van der Waals surface area contributed by atoms with Crippen LogP contribution in [-0.4, -0.2) is 50.1 Å². The van der Waals surface area contributed by atoms with Gasteiger partial charge in [-0.2, -0.15) is 0 Å². The summed E-state index contributed by atoms with van der Waals surface area (Å²) >= 11 is 0. The Hall–Kier alpha value is -3.12. The van der Waals surface area contributed by atoms with Crippen LogP contribution in [0.5, 0.6) is 0 Å². The van der Waals surface area contributed by atoms with Gasteiger partial charge in [0.25, 0.3) is 11.8 Å². The van der Waals surface area contributed by atoms with E-state index in [2.05, 4.69) is 24.1 Å². The number of carbonyl (C=O) groups excluding carboxylic acids is 2. The summed E-state index contributed by atoms with van der Waals surface area (Å²) in [7, 11) is 1.61. The first-order valence-electron chi connectivity index (χ1n) is 10.8. The molecule has 2 aromatic rings. The topological polar surface area (TPSA) is 61.9 Å². The van der Waals surface area contributed by atoms with Gasteiger partial charge in [0, 0.05) is 44.7 Å². The first kappa shape index (κ1) is 22.6. The minimum Gasteiger partial charge on any atom is -0.385 e. The molecule has 0 spiro atoms. The van der Waals surface area contributed by atoms with Gasteiger partial charge in [0.05, 0.1) is 5.57 Å². The van der Waals surface area contributed by atoms with Crippen molar-refractivity contribution < 1.29 is 14.3 Å². The van der Waals surface area contributed by atoms with Gasteiger partial charge in [-0.05, 0) is 57.0 Å². The van der Waals surface area contributed by atoms with Crippen molar-refractivity contribution in [2.45, 2.75) is 27.2 Å². The number of carbonyl (C=O) groups is 2. The van der Waals surface area contributed by atoms with E-state index in [1.807, 2.05) is 55.5 Å². The van der Waals surface area contributed by atoms with Crippen LogP contribution in [0, 0.1) is 6.92 Å². The maximum Gasteiger partial charge on any atom is 0.278 e. The highest BCUT2D eigenvalue weighted by molar-refractivity contribution is 6.36. The molecule has 0 saturated carbocycles. The molecule has 2 amide bonds. The molecular weight excluding hydrogens is 390 g/mol. The van der Waals surface area contributed by atoms with E-state index < -0.39 is 0 Å². The molecule has 1 aliphatic rings. The van der Waals surface area contributed by atoms with E-state index in [4.69, 9.17) is 4.74 Å². The minimum absolute atomic E-state index is 0.271. The first-order chi connectivity index (χ1) is 15.0. The number of ether oxygens (including phenoxy) is 1. The van der Waals surface area contributed by atoms with Gasteiger partial charge in [0.2, 0.25) is 0 Å². The number of amides is 2. The average molecular weight is 422 g/mol. The summed E-state index contributed by atoms with van der Waals surface area (Å²) in [5.74, 6) is -0.572. The van der Waals surface area contributed by atoms with E-state index in [-0.39, 0.29) is 11.8 Å². The third-order valence-corrected chi connectivity index (χ3v) is 5.50. The average Bonchev–Trinajstić information content (AvgIpc) is 3.01. The number of imide groups is 1. The van der Waals surface area contributed by atoms with Crippen LogP contribution in [0.15, 0.2) is 54.2 Å². The Bertz CT molecular complexity index is 945. The Morgan fingerprint density at radius 2 is 1.58 bits per heavy atom. The summed E-state index contributed by atoms with van der Waals surface area (Å²) < 4.78 is 5.09. The molecule has 1 aliphatic heterocycles. The normalized spacial score (nSPS) is 13.9. The molecule has 1 heterocycles. The monoisotopic (exact) mass is 421 g/mol. The molecule has 31 heavy (non-hydrogen) atoms. The first-order valence-corrected chi connectivity index (χ1v) is 10.8. The van der Waals surface area contributed by atoms with Crippen molar-refractivity contribution in [3.05, 3.63) is 65.4 Å². The summed E-state index contributed by atoms with van der Waals surface area (Å²) in [6.07, 6.45) is 0.598. The second kappa shape index (κ2) is 10.3. The highest BCUT2D eigenvalue weighted by Gasteiger charge is 2.38. The van der Waals surface area contributed by atoms with Gasteiger partial charge in [-0.25, -0.2) is 0 Å². The van der Waals surface area contributed by atoms with Crippen LogP contribution in [0.4, 0.5) is 11.4 Å². The zero-order chi connectivity index (χ0) is 22.4. The van der Waals surface area contributed by atoms with Crippen molar-refractivity contribution in [2.24, 2.45) is 0 Å². The van der Waals surface area contributed by atoms with E-state index in [0.29, 0.717) is 30.8 Å². The summed E-state index contributed by atoms with van der Waals surface area (Å²) in [5, 5.41) is 3.22. The van der Waals surface area contributed by atoms with Crippen molar-refractivity contribution in [1.29, 1.82) is 0 Å². The lowest BCUT2D eigenvalue weighted by Gasteiger charge is -2.21. The lowest BCUT2D eigenvalue weighted by atomic mass is 10.0. The van der Waals surface area contributed by atoms with Gasteiger partial charge in [-0.15, -0.1) is 0 Å². The van der Waals surface area contributed by atoms with E-state index in [1.165, 1.54) is 4.90 Å². The number of methoxy groups -OCH3 is 1. The van der Waals surface area contributed by atoms with Crippen LogP contribution in [0.1, 0.15) is 31.4 Å². The van der Waals surface area contributed by atoms with E-state index in [1.54, 1.807) is 7.11 Å². The smallest absolute Gasteiger partial charge is 0.278 e. The van der Waals surface area contributed by atoms with Crippen LogP contribution < -0.4 is 10.2 Å². The predicted molar refractivity (Wildman–Crippen MR) is 125 cm³/mol. The van der Waals surface area contributed by atoms with Crippen molar-refractivity contribution >= 4 is 28.8 Å². The van der Waals surface area contributed by atoms with Crippen molar-refractivity contribution in [3.63, 3.8) is 0 Å². The fourth-order valence-corrected chi connectivity index (χ4v) is 3.74. The second-order valence-electron chi connectivity index (χ2n) is 7.57. The number of nitrogens with zero attached hydrogens (tertiary/aromatic N) is 2. The van der Waals surface area contributed by atoms with Crippen LogP contribution in [-0.2, 0) is 14.3 Å². The molecule has 2 aromatic carbocycles. The number of anilines is 2. The fourth-order valence-electron chi connectivity index (χ4n) is 3.74. The Morgan fingerprint density at radius 1 is 0.935 bits per heavy atom. The molecule has 0 fully saturated rings. The van der Waals surface area contributed by atoms with Crippen LogP contribution in [0.3, 0.4) is 0 Å². The molecule has 0 saturated heterocycles. The van der Waals surface area contributed by atoms with Crippen molar-refractivity contribution in [2.75, 3.05) is 43.6 Å². The zero-order valence-electron chi connectivity index (χ0n) is 18.8. The molecular formula is C25H31N3O3. The number of aryl methyl sites for hydroxylation is 1. The third-order valence-electron chi connectivity index (χ3n) is 5.50. The quantitative estimate of drug-likeness (QED) is 0.463. The van der Waals surface area contributed by atoms with E-state index >= 15 is 0 Å². The molecule has 6 nitrogen and oxygen atoms in total. The van der Waals surface area contributed by atoms with E-state index in [0.717, 1.165) is 35.6 Å². The largest absolute Gasteiger partial charge is 0.385 e. The minimum atomic E-state index is -0.301. The molecule has 0 radical (unpaired) electrons. The number of rotatable bonds is 10. The van der Waals surface area contributed by atoms with Gasteiger partial charge in [0.15, 0.2) is 0 Å². The number of benzene rings is 2. The number of hydrogen-bond donors (Lipinski definition) is 1. The molecule has 0 aliphatic carbocycles. The van der Waals surface area contributed by atoms with Gasteiger partial charge in [-0.3, -0.25) is 14.5 Å². The third kappa shape index (κ3) is 4.97. The maximum absolute atomic E-state index is 13.2. The molecule has 3 rings (SSSR count). The van der Waals surface area contributed by atoms with Crippen LogP contribution in [0.2, 0.25) is 0 Å². The SMILES string of the molecule is CCN(CC)c1ccc(NC2=C(c3ccc(C)cc3)C(=O)N(CCCOC)C2=O)cc1. The molecule has 6 heteroatoms. The molecule has 0 aromatic heterocycles. The Balaban J connectivity index is 1.93. The predicted octanol–water partition coefficient (Wildman–Crippen LogP) is 4.07. The van der Waals surface area contributed by atoms with Crippen molar-refractivity contribution in [1.82, 2.24) is 4.90 Å². The molecule has 164 valence electrons. The Kier molecular flexibility index (Phi) is 7.47. The lowest BCUT2D eigenvalue weighted by Crippen LogP contribution is -2.33. The summed E-state index contributed by atoms with van der Waals surface area (Å²) in [6.45, 7) is 8.91. The summed E-state index contributed by atoms with van der Waals surface area (Å²) in [6, 6.07) is 15.6. The highest BCUT2D eigenvalue weighted by atomic mass is 16.5. The fraction of sp³-hybridized carbons (Fsp3) is 0.360. The van der Waals surface area contributed by atoms with Crippen LogP contribution >= 0.6 is 0 Å². The number of nitrogens with one attached hydrogen (secondary N) is 1. The highest BCUT2D eigenvalue weighted by Crippen LogP contribution is 2.31. The van der Waals surface area contributed by atoms with Crippen molar-refractivity contribution in [3.8, 4) is 0 Å². The molecule has 0 bridgehead atoms. The lowest BCUT2D eigenvalue weighted by molar-refractivity contribution is -0.136. The Labute approximate surface area is 184 Å². The zero-order valence-corrected chi connectivity index (χ0v) is 18.8. The van der Waals surface area contributed by atoms with Gasteiger partial charge in [-0.1, -0.05) is 29.8 Å². The number of hydrogen-bond acceptors (Lipinski definition) is 5. The summed E-state index contributed by atoms with van der Waals surface area (Å²) in [5.41, 5.74) is 4.46. The maximum atomic E-state index is 13.2. The molecule has 1 N–H and O–H groups in total. The van der Waals surface area contributed by atoms with Gasteiger partial charge < -0.3 is 15.0 Å². The second-order valence-corrected chi connectivity index (χ2v) is 7.57. The van der Waals surface area contributed by atoms with Crippen LogP contribution in [0.25, 0.3) is 5.57 Å².